The highest BCUT2D eigenvalue weighted by Gasteiger charge is 2.17. The number of carbonyl (C=O) groups is 1. The minimum atomic E-state index is -0.107. The van der Waals surface area contributed by atoms with Crippen molar-refractivity contribution in [3.05, 3.63) is 66.1 Å². The van der Waals surface area contributed by atoms with Crippen LogP contribution in [0, 0.1) is 13.8 Å². The van der Waals surface area contributed by atoms with E-state index in [1.54, 1.807) is 12.3 Å². The summed E-state index contributed by atoms with van der Waals surface area (Å²) in [4.78, 5) is 19.6. The molecule has 0 spiro atoms. The van der Waals surface area contributed by atoms with E-state index in [1.807, 2.05) is 30.5 Å². The van der Waals surface area contributed by atoms with Gasteiger partial charge in [-0.15, -0.1) is 0 Å². The second-order valence-corrected chi connectivity index (χ2v) is 8.58. The van der Waals surface area contributed by atoms with E-state index in [-0.39, 0.29) is 5.91 Å². The lowest BCUT2D eigenvalue weighted by atomic mass is 10.1. The summed E-state index contributed by atoms with van der Waals surface area (Å²) in [5, 5.41) is 7.04. The third-order valence-electron chi connectivity index (χ3n) is 6.32. The zero-order valence-electron chi connectivity index (χ0n) is 19.1. The number of pyridine rings is 2. The standard InChI is InChI=1S/C25H28N6O2/c1-18-24(19(2)33-28-18)22-17-27-23-16-20(6-14-31(22)23)25(32)26-9-15-29-12-7-21(8-13-29)30-10-4-3-5-11-30/h6-8,12-14,16-17H,3-5,9-11,15H2,1-2H3/p+1. The lowest BCUT2D eigenvalue weighted by Gasteiger charge is -2.28. The maximum atomic E-state index is 12.7. The van der Waals surface area contributed by atoms with E-state index in [4.69, 9.17) is 4.52 Å². The van der Waals surface area contributed by atoms with Gasteiger partial charge in [0.05, 0.1) is 29.7 Å². The van der Waals surface area contributed by atoms with E-state index in [9.17, 15) is 4.79 Å². The maximum Gasteiger partial charge on any atom is 0.251 e. The van der Waals surface area contributed by atoms with Gasteiger partial charge >= 0.3 is 0 Å². The van der Waals surface area contributed by atoms with Crippen LogP contribution in [0.3, 0.4) is 0 Å². The fraction of sp³-hybridized carbons (Fsp3) is 0.360. The van der Waals surface area contributed by atoms with Gasteiger partial charge in [-0.3, -0.25) is 9.20 Å². The van der Waals surface area contributed by atoms with Crippen LogP contribution >= 0.6 is 0 Å². The van der Waals surface area contributed by atoms with Crippen LogP contribution in [0.15, 0.2) is 53.6 Å². The molecule has 1 fully saturated rings. The van der Waals surface area contributed by atoms with E-state index < -0.39 is 0 Å². The number of imidazole rings is 1. The fourth-order valence-electron chi connectivity index (χ4n) is 4.52. The summed E-state index contributed by atoms with van der Waals surface area (Å²) in [6, 6.07) is 7.94. The van der Waals surface area contributed by atoms with Crippen molar-refractivity contribution in [2.45, 2.75) is 39.7 Å². The highest BCUT2D eigenvalue weighted by atomic mass is 16.5. The SMILES string of the molecule is Cc1noc(C)c1-c1cnc2cc(C(=O)NCC[n+]3ccc(N4CCCCC4)cc3)ccn12. The number of nitrogens with one attached hydrogen (secondary N) is 1. The van der Waals surface area contributed by atoms with E-state index in [0.29, 0.717) is 24.3 Å². The smallest absolute Gasteiger partial charge is 0.251 e. The van der Waals surface area contributed by atoms with Crippen LogP contribution in [0.4, 0.5) is 5.69 Å². The minimum absolute atomic E-state index is 0.107. The zero-order chi connectivity index (χ0) is 22.8. The Morgan fingerprint density at radius 3 is 2.67 bits per heavy atom. The molecule has 0 aromatic carbocycles. The zero-order valence-corrected chi connectivity index (χ0v) is 19.1. The third kappa shape index (κ3) is 4.33. The van der Waals surface area contributed by atoms with Gasteiger partial charge in [0.25, 0.3) is 5.91 Å². The molecular weight excluding hydrogens is 416 g/mol. The lowest BCUT2D eigenvalue weighted by Crippen LogP contribution is -2.40. The second-order valence-electron chi connectivity index (χ2n) is 8.58. The molecule has 0 unspecified atom stereocenters. The number of piperidine rings is 1. The number of aryl methyl sites for hydroxylation is 2. The van der Waals surface area contributed by atoms with Gasteiger partial charge in [0.15, 0.2) is 18.9 Å². The first kappa shape index (κ1) is 21.2. The van der Waals surface area contributed by atoms with E-state index >= 15 is 0 Å². The van der Waals surface area contributed by atoms with Gasteiger partial charge in [0, 0.05) is 42.7 Å². The van der Waals surface area contributed by atoms with Crippen molar-refractivity contribution in [2.75, 3.05) is 24.5 Å². The van der Waals surface area contributed by atoms with Crippen molar-refractivity contribution < 1.29 is 13.9 Å². The molecule has 33 heavy (non-hydrogen) atoms. The number of aromatic nitrogens is 4. The van der Waals surface area contributed by atoms with Gasteiger partial charge in [-0.05, 0) is 45.2 Å². The molecule has 0 radical (unpaired) electrons. The largest absolute Gasteiger partial charge is 0.371 e. The molecule has 4 aromatic rings. The number of amides is 1. The van der Waals surface area contributed by atoms with Crippen molar-refractivity contribution in [1.82, 2.24) is 19.9 Å². The molecule has 5 rings (SSSR count). The van der Waals surface area contributed by atoms with Crippen molar-refractivity contribution in [3.63, 3.8) is 0 Å². The average molecular weight is 446 g/mol. The lowest BCUT2D eigenvalue weighted by molar-refractivity contribution is -0.694. The van der Waals surface area contributed by atoms with Crippen LogP contribution < -0.4 is 14.8 Å². The van der Waals surface area contributed by atoms with Crippen LogP contribution in [0.5, 0.6) is 0 Å². The molecule has 1 N–H and O–H groups in total. The summed E-state index contributed by atoms with van der Waals surface area (Å²) < 4.78 is 9.33. The Morgan fingerprint density at radius 1 is 1.15 bits per heavy atom. The molecule has 0 atom stereocenters. The van der Waals surface area contributed by atoms with Gasteiger partial charge in [0.2, 0.25) is 0 Å². The van der Waals surface area contributed by atoms with Gasteiger partial charge < -0.3 is 14.7 Å². The van der Waals surface area contributed by atoms with Gasteiger partial charge in [0.1, 0.15) is 11.4 Å². The Labute approximate surface area is 192 Å². The molecular formula is C25H29N6O2+. The molecule has 0 bridgehead atoms. The van der Waals surface area contributed by atoms with Crippen LogP contribution in [-0.2, 0) is 6.54 Å². The summed E-state index contributed by atoms with van der Waals surface area (Å²) in [5.74, 6) is 0.641. The number of carbonyl (C=O) groups excluding carboxylic acids is 1. The Kier molecular flexibility index (Phi) is 5.81. The molecule has 1 amide bonds. The molecule has 8 heteroatoms. The first-order valence-electron chi connectivity index (χ1n) is 11.5. The summed E-state index contributed by atoms with van der Waals surface area (Å²) in [6.45, 7) is 7.34. The summed E-state index contributed by atoms with van der Waals surface area (Å²) in [6.07, 6.45) is 11.7. The van der Waals surface area contributed by atoms with Crippen LogP contribution in [0.1, 0.15) is 41.1 Å². The molecule has 1 aliphatic heterocycles. The number of fused-ring (bicyclic) bond motifs is 1. The van der Waals surface area contributed by atoms with Gasteiger partial charge in [-0.25, -0.2) is 9.55 Å². The molecule has 170 valence electrons. The van der Waals surface area contributed by atoms with Crippen LogP contribution in [0.2, 0.25) is 0 Å². The third-order valence-corrected chi connectivity index (χ3v) is 6.32. The van der Waals surface area contributed by atoms with E-state index in [2.05, 4.69) is 49.5 Å². The highest BCUT2D eigenvalue weighted by molar-refractivity contribution is 5.95. The van der Waals surface area contributed by atoms with Gasteiger partial charge in [-0.2, -0.15) is 0 Å². The monoisotopic (exact) mass is 445 g/mol. The average Bonchev–Trinajstić information content (AvgIpc) is 3.41. The second kappa shape index (κ2) is 9.05. The number of rotatable bonds is 6. The Balaban J connectivity index is 1.21. The normalized spacial score (nSPS) is 14.1. The number of hydrogen-bond acceptors (Lipinski definition) is 5. The number of hydrogen-bond donors (Lipinski definition) is 1. The molecule has 1 saturated heterocycles. The minimum Gasteiger partial charge on any atom is -0.371 e. The predicted molar refractivity (Wildman–Crippen MR) is 125 cm³/mol. The number of anilines is 1. The highest BCUT2D eigenvalue weighted by Crippen LogP contribution is 2.27. The maximum absolute atomic E-state index is 12.7. The Morgan fingerprint density at radius 2 is 1.94 bits per heavy atom. The molecule has 8 nitrogen and oxygen atoms in total. The summed E-state index contributed by atoms with van der Waals surface area (Å²) in [7, 11) is 0. The van der Waals surface area contributed by atoms with Crippen LogP contribution in [0.25, 0.3) is 16.9 Å². The molecule has 5 heterocycles. The van der Waals surface area contributed by atoms with Crippen LogP contribution in [-0.4, -0.2) is 40.1 Å². The molecule has 0 aliphatic carbocycles. The first-order chi connectivity index (χ1) is 16.1. The van der Waals surface area contributed by atoms with E-state index in [0.717, 1.165) is 35.8 Å². The Hall–Kier alpha value is -3.68. The fourth-order valence-corrected chi connectivity index (χ4v) is 4.52. The topological polar surface area (TPSA) is 79.5 Å². The first-order valence-corrected chi connectivity index (χ1v) is 11.5. The summed E-state index contributed by atoms with van der Waals surface area (Å²) in [5.41, 5.74) is 5.22. The van der Waals surface area contributed by atoms with Crippen molar-refractivity contribution in [2.24, 2.45) is 0 Å². The Bertz CT molecular complexity index is 1250. The molecule has 4 aromatic heterocycles. The number of nitrogens with zero attached hydrogens (tertiary/aromatic N) is 5. The quantitative estimate of drug-likeness (QED) is 0.461. The molecule has 0 saturated carbocycles. The van der Waals surface area contributed by atoms with E-state index in [1.165, 1.54) is 24.9 Å². The predicted octanol–water partition coefficient (Wildman–Crippen LogP) is 3.31. The van der Waals surface area contributed by atoms with Crippen molar-refractivity contribution >= 4 is 17.2 Å². The van der Waals surface area contributed by atoms with Crippen molar-refractivity contribution in [3.8, 4) is 11.3 Å². The van der Waals surface area contributed by atoms with Gasteiger partial charge in [-0.1, -0.05) is 5.16 Å². The molecule has 1 aliphatic rings. The summed E-state index contributed by atoms with van der Waals surface area (Å²) >= 11 is 0. The van der Waals surface area contributed by atoms with Crippen molar-refractivity contribution in [1.29, 1.82) is 0 Å².